The van der Waals surface area contributed by atoms with Gasteiger partial charge < -0.3 is 14.4 Å². The lowest BCUT2D eigenvalue weighted by atomic mass is 9.95. The van der Waals surface area contributed by atoms with Crippen molar-refractivity contribution in [1.82, 2.24) is 24.6 Å². The monoisotopic (exact) mass is 519 g/mol. The maximum Gasteiger partial charge on any atom is 0.410 e. The summed E-state index contributed by atoms with van der Waals surface area (Å²) in [5.74, 6) is 1.32. The molecule has 3 aliphatic heterocycles. The van der Waals surface area contributed by atoms with E-state index in [2.05, 4.69) is 35.0 Å². The first-order chi connectivity index (χ1) is 18.3. The Labute approximate surface area is 223 Å². The van der Waals surface area contributed by atoms with Crippen molar-refractivity contribution in [3.63, 3.8) is 0 Å². The van der Waals surface area contributed by atoms with E-state index in [1.165, 1.54) is 11.9 Å². The molecule has 1 amide bonds. The second-order valence-corrected chi connectivity index (χ2v) is 10.5. The molecule has 0 saturated carbocycles. The van der Waals surface area contributed by atoms with E-state index in [-0.39, 0.29) is 36.3 Å². The van der Waals surface area contributed by atoms with Gasteiger partial charge in [0.2, 0.25) is 0 Å². The fourth-order valence-corrected chi connectivity index (χ4v) is 5.71. The van der Waals surface area contributed by atoms with Crippen LogP contribution in [0.4, 0.5) is 10.5 Å². The van der Waals surface area contributed by atoms with Crippen molar-refractivity contribution < 1.29 is 14.3 Å². The molecule has 2 fully saturated rings. The molecule has 2 aromatic heterocycles. The van der Waals surface area contributed by atoms with E-state index in [9.17, 15) is 4.79 Å². The first kappa shape index (κ1) is 26.1. The van der Waals surface area contributed by atoms with Gasteiger partial charge in [0.1, 0.15) is 18.8 Å². The number of nitrogens with zero attached hydrogens (tertiary/aromatic N) is 7. The van der Waals surface area contributed by atoms with Crippen molar-refractivity contribution in [2.75, 3.05) is 6.54 Å². The molecule has 2 saturated heterocycles. The summed E-state index contributed by atoms with van der Waals surface area (Å²) in [6, 6.07) is 4.18. The molecule has 38 heavy (non-hydrogen) atoms. The molecule has 10 nitrogen and oxygen atoms in total. The van der Waals surface area contributed by atoms with Gasteiger partial charge >= 0.3 is 6.09 Å². The Morgan fingerprint density at radius 2 is 1.97 bits per heavy atom. The molecular weight excluding hydrogens is 482 g/mol. The van der Waals surface area contributed by atoms with Crippen LogP contribution in [0.3, 0.4) is 0 Å². The van der Waals surface area contributed by atoms with E-state index in [0.717, 1.165) is 55.1 Å². The minimum Gasteiger partial charge on any atom is -0.477 e. The molecule has 0 aliphatic carbocycles. The summed E-state index contributed by atoms with van der Waals surface area (Å²) in [7, 11) is 0. The number of aryl methyl sites for hydroxylation is 1. The number of rotatable bonds is 5. The van der Waals surface area contributed by atoms with Crippen molar-refractivity contribution in [3.05, 3.63) is 42.1 Å². The van der Waals surface area contributed by atoms with Crippen LogP contribution in [0, 0.1) is 12.8 Å². The SMILES string of the molecule is CCC1=CCN=C(OC2CC3CCC(C2)N3C(=O)OC(C)C)C(C)C1=Nc1ccc(-n2cncn2)nc1C. The van der Waals surface area contributed by atoms with Gasteiger partial charge in [0, 0.05) is 24.9 Å². The zero-order valence-corrected chi connectivity index (χ0v) is 22.9. The maximum absolute atomic E-state index is 12.7. The van der Waals surface area contributed by atoms with Gasteiger partial charge in [-0.3, -0.25) is 9.98 Å². The lowest BCUT2D eigenvalue weighted by molar-refractivity contribution is 0.0176. The van der Waals surface area contributed by atoms with Crippen LogP contribution >= 0.6 is 0 Å². The maximum atomic E-state index is 12.7. The number of amides is 1. The second kappa shape index (κ2) is 11.0. The second-order valence-electron chi connectivity index (χ2n) is 10.5. The minimum atomic E-state index is -0.198. The van der Waals surface area contributed by atoms with Crippen LogP contribution in [-0.2, 0) is 9.47 Å². The summed E-state index contributed by atoms with van der Waals surface area (Å²) in [4.78, 5) is 33.2. The van der Waals surface area contributed by atoms with E-state index < -0.39 is 0 Å². The number of hydrogen-bond acceptors (Lipinski definition) is 8. The van der Waals surface area contributed by atoms with Crippen molar-refractivity contribution in [3.8, 4) is 5.82 Å². The molecule has 2 aromatic rings. The molecule has 0 aromatic carbocycles. The molecule has 3 aliphatic rings. The number of pyridine rings is 1. The first-order valence-electron chi connectivity index (χ1n) is 13.6. The Kier molecular flexibility index (Phi) is 7.58. The molecule has 3 unspecified atom stereocenters. The summed E-state index contributed by atoms with van der Waals surface area (Å²) in [6.07, 6.45) is 9.39. The molecule has 202 valence electrons. The molecule has 0 spiro atoms. The summed E-state index contributed by atoms with van der Waals surface area (Å²) < 4.78 is 13.7. The summed E-state index contributed by atoms with van der Waals surface area (Å²) >= 11 is 0. The average Bonchev–Trinajstić information content (AvgIpc) is 3.48. The van der Waals surface area contributed by atoms with E-state index in [1.54, 1.807) is 11.0 Å². The molecule has 0 radical (unpaired) electrons. The van der Waals surface area contributed by atoms with E-state index in [1.807, 2.05) is 37.8 Å². The van der Waals surface area contributed by atoms with Gasteiger partial charge in [0.05, 0.1) is 35.7 Å². The van der Waals surface area contributed by atoms with E-state index in [4.69, 9.17) is 19.5 Å². The van der Waals surface area contributed by atoms with Crippen LogP contribution in [0.15, 0.2) is 46.4 Å². The van der Waals surface area contributed by atoms with Crippen molar-refractivity contribution in [2.24, 2.45) is 15.9 Å². The highest BCUT2D eigenvalue weighted by Crippen LogP contribution is 2.38. The number of piperidine rings is 1. The number of hydrogen-bond donors (Lipinski definition) is 0. The van der Waals surface area contributed by atoms with E-state index >= 15 is 0 Å². The van der Waals surface area contributed by atoms with Crippen LogP contribution in [0.25, 0.3) is 5.82 Å². The molecule has 3 atom stereocenters. The Hall–Kier alpha value is -3.56. The summed E-state index contributed by atoms with van der Waals surface area (Å²) in [5, 5.41) is 4.17. The predicted octanol–water partition coefficient (Wildman–Crippen LogP) is 4.98. The lowest BCUT2D eigenvalue weighted by Gasteiger charge is -2.38. The zero-order chi connectivity index (χ0) is 26.8. The molecular formula is C28H37N7O3. The number of aromatic nitrogens is 4. The Morgan fingerprint density at radius 3 is 2.61 bits per heavy atom. The third-order valence-corrected chi connectivity index (χ3v) is 7.54. The molecule has 5 rings (SSSR count). The number of fused-ring (bicyclic) bond motifs is 2. The van der Waals surface area contributed by atoms with Crippen LogP contribution < -0.4 is 0 Å². The summed E-state index contributed by atoms with van der Waals surface area (Å²) in [6.45, 7) is 10.6. The van der Waals surface area contributed by atoms with Crippen molar-refractivity contribution in [1.29, 1.82) is 0 Å². The van der Waals surface area contributed by atoms with Crippen LogP contribution in [0.5, 0.6) is 0 Å². The molecule has 5 heterocycles. The highest BCUT2D eigenvalue weighted by molar-refractivity contribution is 6.14. The molecule has 0 N–H and O–H groups in total. The molecule has 10 heteroatoms. The number of allylic oxidation sites excluding steroid dienone is 1. The third kappa shape index (κ3) is 5.35. The summed E-state index contributed by atoms with van der Waals surface area (Å²) in [5.41, 5.74) is 3.76. The van der Waals surface area contributed by atoms with Gasteiger partial charge in [-0.2, -0.15) is 5.10 Å². The number of aliphatic imine (C=N–C) groups is 2. The standard InChI is InChI=1S/C28H37N7O3/c1-6-20-11-12-30-27(38-23-13-21-7-8-22(14-23)35(21)28(36)37-17(2)3)18(4)26(20)33-24-9-10-25(32-19(24)5)34-16-29-15-31-34/h9-11,15-18,21-23H,6-8,12-14H2,1-5H3. The number of carbonyl (C=O) groups is 1. The topological polar surface area (TPSA) is 107 Å². The smallest absolute Gasteiger partial charge is 0.410 e. The quantitative estimate of drug-likeness (QED) is 0.551. The van der Waals surface area contributed by atoms with Crippen molar-refractivity contribution >= 4 is 23.4 Å². The number of carbonyl (C=O) groups excluding carboxylic acids is 1. The van der Waals surface area contributed by atoms with Gasteiger partial charge in [0.15, 0.2) is 11.7 Å². The van der Waals surface area contributed by atoms with Crippen LogP contribution in [0.1, 0.15) is 65.5 Å². The number of ether oxygens (including phenoxy) is 2. The van der Waals surface area contributed by atoms with Gasteiger partial charge in [-0.15, -0.1) is 0 Å². The Morgan fingerprint density at radius 1 is 1.21 bits per heavy atom. The highest BCUT2D eigenvalue weighted by Gasteiger charge is 2.45. The fourth-order valence-electron chi connectivity index (χ4n) is 5.71. The fraction of sp³-hybridized carbons (Fsp3) is 0.571. The zero-order valence-electron chi connectivity index (χ0n) is 22.9. The van der Waals surface area contributed by atoms with E-state index in [0.29, 0.717) is 12.4 Å². The Balaban J connectivity index is 1.33. The van der Waals surface area contributed by atoms with Gasteiger partial charge in [-0.1, -0.05) is 13.0 Å². The van der Waals surface area contributed by atoms with Crippen LogP contribution in [-0.4, -0.2) is 73.2 Å². The molecule has 2 bridgehead atoms. The predicted molar refractivity (Wildman–Crippen MR) is 145 cm³/mol. The Bertz CT molecular complexity index is 1240. The van der Waals surface area contributed by atoms with Gasteiger partial charge in [0.25, 0.3) is 0 Å². The minimum absolute atomic E-state index is 0.0200. The normalized spacial score (nSPS) is 26.3. The van der Waals surface area contributed by atoms with Crippen LogP contribution in [0.2, 0.25) is 0 Å². The van der Waals surface area contributed by atoms with Gasteiger partial charge in [-0.05, 0) is 64.7 Å². The lowest BCUT2D eigenvalue weighted by Crippen LogP contribution is -2.49. The van der Waals surface area contributed by atoms with Crippen molar-refractivity contribution in [2.45, 2.75) is 91.0 Å². The largest absolute Gasteiger partial charge is 0.477 e. The van der Waals surface area contributed by atoms with Gasteiger partial charge in [-0.25, -0.2) is 19.4 Å². The average molecular weight is 520 g/mol. The third-order valence-electron chi connectivity index (χ3n) is 7.54. The first-order valence-corrected chi connectivity index (χ1v) is 13.6. The highest BCUT2D eigenvalue weighted by atomic mass is 16.6.